The molecule has 0 saturated carbocycles. The van der Waals surface area contributed by atoms with Crippen molar-refractivity contribution in [3.05, 3.63) is 53.6 Å². The Morgan fingerprint density at radius 1 is 1.07 bits per heavy atom. The molecule has 0 bridgehead atoms. The lowest BCUT2D eigenvalue weighted by atomic mass is 10.1. The Morgan fingerprint density at radius 2 is 1.80 bits per heavy atom. The number of carbonyl (C=O) groups excluding carboxylic acids is 3. The van der Waals surface area contributed by atoms with Crippen LogP contribution in [0, 0.1) is 0 Å². The zero-order valence-corrected chi connectivity index (χ0v) is 17.0. The number of amides is 3. The maximum atomic E-state index is 12.1. The molecule has 0 heterocycles. The van der Waals surface area contributed by atoms with Gasteiger partial charge in [0, 0.05) is 11.3 Å². The predicted octanol–water partition coefficient (Wildman–Crippen LogP) is 1.60. The summed E-state index contributed by atoms with van der Waals surface area (Å²) < 4.78 is 10.5. The molecule has 0 aliphatic carbocycles. The fraction of sp³-hybridized carbons (Fsp3) is 0.238. The van der Waals surface area contributed by atoms with Gasteiger partial charge in [-0.25, -0.2) is 5.43 Å². The summed E-state index contributed by atoms with van der Waals surface area (Å²) >= 11 is 0. The summed E-state index contributed by atoms with van der Waals surface area (Å²) in [6, 6.07) is 12.1. The van der Waals surface area contributed by atoms with Crippen molar-refractivity contribution in [3.8, 4) is 11.5 Å². The number of hydrazone groups is 1. The lowest BCUT2D eigenvalue weighted by molar-refractivity contribution is -0.136. The summed E-state index contributed by atoms with van der Waals surface area (Å²) in [6.07, 6.45) is 0.719. The van der Waals surface area contributed by atoms with Crippen LogP contribution >= 0.6 is 0 Å². The van der Waals surface area contributed by atoms with Crippen LogP contribution in [0.2, 0.25) is 0 Å². The van der Waals surface area contributed by atoms with E-state index in [0.29, 0.717) is 28.5 Å². The van der Waals surface area contributed by atoms with Gasteiger partial charge in [-0.05, 0) is 43.2 Å². The van der Waals surface area contributed by atoms with E-state index < -0.39 is 17.7 Å². The molecule has 0 fully saturated rings. The third kappa shape index (κ3) is 6.06. The molecule has 158 valence electrons. The van der Waals surface area contributed by atoms with E-state index in [9.17, 15) is 14.4 Å². The molecule has 0 spiro atoms. The van der Waals surface area contributed by atoms with Gasteiger partial charge in [0.05, 0.1) is 12.8 Å². The smallest absolute Gasteiger partial charge is 0.329 e. The molecule has 2 aromatic rings. The van der Waals surface area contributed by atoms with Crippen LogP contribution < -0.4 is 25.9 Å². The Hall–Kier alpha value is -3.88. The van der Waals surface area contributed by atoms with E-state index in [0.717, 1.165) is 12.0 Å². The van der Waals surface area contributed by atoms with Gasteiger partial charge in [0.25, 0.3) is 5.91 Å². The van der Waals surface area contributed by atoms with Crippen LogP contribution in [0.4, 0.5) is 5.69 Å². The fourth-order valence-electron chi connectivity index (χ4n) is 2.54. The highest BCUT2D eigenvalue weighted by Crippen LogP contribution is 2.28. The van der Waals surface area contributed by atoms with Crippen LogP contribution in [0.1, 0.15) is 25.0 Å². The van der Waals surface area contributed by atoms with Crippen LogP contribution in [0.25, 0.3) is 0 Å². The Labute approximate surface area is 174 Å². The van der Waals surface area contributed by atoms with Gasteiger partial charge in [-0.15, -0.1) is 0 Å². The number of anilines is 1. The highest BCUT2D eigenvalue weighted by molar-refractivity contribution is 6.39. The second-order valence-corrected chi connectivity index (χ2v) is 6.22. The Bertz CT molecular complexity index is 972. The van der Waals surface area contributed by atoms with E-state index in [-0.39, 0.29) is 6.61 Å². The second-order valence-electron chi connectivity index (χ2n) is 6.22. The van der Waals surface area contributed by atoms with Crippen LogP contribution in [0.5, 0.6) is 11.5 Å². The quantitative estimate of drug-likeness (QED) is 0.344. The van der Waals surface area contributed by atoms with E-state index in [1.165, 1.54) is 7.11 Å². The van der Waals surface area contributed by atoms with Crippen LogP contribution in [-0.4, -0.2) is 37.1 Å². The molecule has 0 aliphatic heterocycles. The van der Waals surface area contributed by atoms with Gasteiger partial charge >= 0.3 is 11.8 Å². The standard InChI is InChI=1S/C21H24N4O5/c1-4-14-7-5-6-8-16(14)23-20(27)21(28)25-24-13(2)15-9-10-17(18(11-15)29-3)30-12-19(22)26/h5-11H,4,12H2,1-3H3,(H2,22,26)(H,23,27)(H,25,28)/b24-13+. The van der Waals surface area contributed by atoms with Crippen molar-refractivity contribution in [1.29, 1.82) is 0 Å². The number of nitrogens with two attached hydrogens (primary N) is 1. The Morgan fingerprint density at radius 3 is 2.47 bits per heavy atom. The molecular formula is C21H24N4O5. The number of aryl methyl sites for hydroxylation is 1. The molecule has 9 nitrogen and oxygen atoms in total. The first-order valence-corrected chi connectivity index (χ1v) is 9.18. The molecule has 4 N–H and O–H groups in total. The molecule has 9 heteroatoms. The lowest BCUT2D eigenvalue weighted by Gasteiger charge is -2.11. The van der Waals surface area contributed by atoms with E-state index in [2.05, 4.69) is 15.8 Å². The molecule has 0 unspecified atom stereocenters. The Balaban J connectivity index is 2.05. The average Bonchev–Trinajstić information content (AvgIpc) is 2.75. The normalized spacial score (nSPS) is 10.8. The van der Waals surface area contributed by atoms with Gasteiger partial charge in [0.2, 0.25) is 0 Å². The molecule has 0 radical (unpaired) electrons. The zero-order valence-electron chi connectivity index (χ0n) is 17.0. The first-order chi connectivity index (χ1) is 14.3. The molecule has 2 aromatic carbocycles. The predicted molar refractivity (Wildman–Crippen MR) is 112 cm³/mol. The fourth-order valence-corrected chi connectivity index (χ4v) is 2.54. The van der Waals surface area contributed by atoms with Crippen molar-refractivity contribution < 1.29 is 23.9 Å². The van der Waals surface area contributed by atoms with E-state index in [1.807, 2.05) is 19.1 Å². The molecule has 3 amide bonds. The lowest BCUT2D eigenvalue weighted by Crippen LogP contribution is -2.33. The van der Waals surface area contributed by atoms with Gasteiger partial charge in [-0.3, -0.25) is 14.4 Å². The summed E-state index contributed by atoms with van der Waals surface area (Å²) in [5.41, 5.74) is 9.86. The largest absolute Gasteiger partial charge is 0.493 e. The number of rotatable bonds is 8. The van der Waals surface area contributed by atoms with Gasteiger partial charge in [-0.2, -0.15) is 5.10 Å². The highest BCUT2D eigenvalue weighted by Gasteiger charge is 2.15. The summed E-state index contributed by atoms with van der Waals surface area (Å²) in [7, 11) is 1.45. The van der Waals surface area contributed by atoms with Crippen molar-refractivity contribution >= 4 is 29.1 Å². The number of hydrogen-bond acceptors (Lipinski definition) is 6. The van der Waals surface area contributed by atoms with Crippen LogP contribution in [0.3, 0.4) is 0 Å². The number of nitrogens with one attached hydrogen (secondary N) is 2. The number of ether oxygens (including phenoxy) is 2. The number of para-hydroxylation sites is 1. The molecule has 2 rings (SSSR count). The minimum atomic E-state index is -0.895. The number of nitrogens with zero attached hydrogens (tertiary/aromatic N) is 1. The number of benzene rings is 2. The van der Waals surface area contributed by atoms with Crippen molar-refractivity contribution in [2.75, 3.05) is 19.0 Å². The highest BCUT2D eigenvalue weighted by atomic mass is 16.5. The maximum Gasteiger partial charge on any atom is 0.329 e. The molecular weight excluding hydrogens is 388 g/mol. The van der Waals surface area contributed by atoms with Crippen LogP contribution in [-0.2, 0) is 20.8 Å². The van der Waals surface area contributed by atoms with E-state index in [4.69, 9.17) is 15.2 Å². The third-order valence-corrected chi connectivity index (χ3v) is 4.13. The molecule has 0 aliphatic rings. The van der Waals surface area contributed by atoms with Crippen molar-refractivity contribution in [1.82, 2.24) is 5.43 Å². The van der Waals surface area contributed by atoms with Crippen molar-refractivity contribution in [2.24, 2.45) is 10.8 Å². The van der Waals surface area contributed by atoms with Crippen molar-refractivity contribution in [3.63, 3.8) is 0 Å². The monoisotopic (exact) mass is 412 g/mol. The summed E-state index contributed by atoms with van der Waals surface area (Å²) in [4.78, 5) is 35.1. The van der Waals surface area contributed by atoms with Crippen molar-refractivity contribution in [2.45, 2.75) is 20.3 Å². The van der Waals surface area contributed by atoms with E-state index >= 15 is 0 Å². The van der Waals surface area contributed by atoms with Gasteiger partial charge < -0.3 is 20.5 Å². The zero-order chi connectivity index (χ0) is 22.1. The van der Waals surface area contributed by atoms with Gasteiger partial charge in [-0.1, -0.05) is 25.1 Å². The topological polar surface area (TPSA) is 132 Å². The minimum absolute atomic E-state index is 0.283. The average molecular weight is 412 g/mol. The summed E-state index contributed by atoms with van der Waals surface area (Å²) in [5, 5.41) is 6.54. The molecule has 0 saturated heterocycles. The first kappa shape index (κ1) is 22.4. The SMILES string of the molecule is CCc1ccccc1NC(=O)C(=O)N/N=C(\C)c1ccc(OCC(N)=O)c(OC)c1. The second kappa shape index (κ2) is 10.6. The summed E-state index contributed by atoms with van der Waals surface area (Å²) in [6.45, 7) is 3.33. The maximum absolute atomic E-state index is 12.1. The number of hydrogen-bond donors (Lipinski definition) is 3. The van der Waals surface area contributed by atoms with Gasteiger partial charge in [0.1, 0.15) is 0 Å². The van der Waals surface area contributed by atoms with E-state index in [1.54, 1.807) is 37.3 Å². The summed E-state index contributed by atoms with van der Waals surface area (Å²) in [5.74, 6) is -1.62. The first-order valence-electron chi connectivity index (χ1n) is 9.18. The minimum Gasteiger partial charge on any atom is -0.493 e. The number of primary amides is 1. The number of methoxy groups -OCH3 is 1. The molecule has 30 heavy (non-hydrogen) atoms. The number of carbonyl (C=O) groups is 3. The Kier molecular flexibility index (Phi) is 7.92. The van der Waals surface area contributed by atoms with Gasteiger partial charge in [0.15, 0.2) is 18.1 Å². The third-order valence-electron chi connectivity index (χ3n) is 4.13. The molecule has 0 atom stereocenters. The van der Waals surface area contributed by atoms with Crippen LogP contribution in [0.15, 0.2) is 47.6 Å². The molecule has 0 aromatic heterocycles.